The molecular weight excluding hydrogens is 202 g/mol. The zero-order valence-corrected chi connectivity index (χ0v) is 9.48. The molecule has 2 N–H and O–H groups in total. The molecule has 1 aromatic carbocycles. The van der Waals surface area contributed by atoms with E-state index in [9.17, 15) is 4.79 Å². The lowest BCUT2D eigenvalue weighted by Gasteiger charge is -2.11. The quantitative estimate of drug-likeness (QED) is 0.789. The summed E-state index contributed by atoms with van der Waals surface area (Å²) in [5.74, 6) is 0.490. The maximum absolute atomic E-state index is 11.1. The van der Waals surface area contributed by atoms with Gasteiger partial charge in [-0.2, -0.15) is 0 Å². The minimum Gasteiger partial charge on any atom is -0.469 e. The van der Waals surface area contributed by atoms with Gasteiger partial charge in [-0.25, -0.2) is 0 Å². The summed E-state index contributed by atoms with van der Waals surface area (Å²) in [6.07, 6.45) is 2.83. The Morgan fingerprint density at radius 2 is 2.06 bits per heavy atom. The van der Waals surface area contributed by atoms with Gasteiger partial charge in [0.05, 0.1) is 13.5 Å². The number of benzene rings is 1. The molecule has 16 heavy (non-hydrogen) atoms. The van der Waals surface area contributed by atoms with Crippen LogP contribution in [0, 0.1) is 0 Å². The third kappa shape index (κ3) is 2.61. The van der Waals surface area contributed by atoms with Crippen molar-refractivity contribution in [3.05, 3.63) is 35.4 Å². The number of carbonyl (C=O) groups excluding carboxylic acids is 1. The summed E-state index contributed by atoms with van der Waals surface area (Å²) in [6, 6.07) is 8.00. The fourth-order valence-electron chi connectivity index (χ4n) is 1.81. The summed E-state index contributed by atoms with van der Waals surface area (Å²) < 4.78 is 4.60. The molecule has 1 saturated carbocycles. The Labute approximate surface area is 95.6 Å². The van der Waals surface area contributed by atoms with Crippen LogP contribution in [-0.4, -0.2) is 13.1 Å². The summed E-state index contributed by atoms with van der Waals surface area (Å²) in [7, 11) is 1.38. The van der Waals surface area contributed by atoms with Crippen LogP contribution in [0.4, 0.5) is 0 Å². The van der Waals surface area contributed by atoms with Crippen LogP contribution in [0.1, 0.15) is 42.3 Å². The topological polar surface area (TPSA) is 52.3 Å². The lowest BCUT2D eigenvalue weighted by molar-refractivity contribution is -0.141. The van der Waals surface area contributed by atoms with E-state index in [-0.39, 0.29) is 18.4 Å². The molecule has 0 aromatic heterocycles. The Kier molecular flexibility index (Phi) is 3.25. The molecule has 1 aliphatic carbocycles. The second kappa shape index (κ2) is 4.66. The molecule has 1 aromatic rings. The fraction of sp³-hybridized carbons (Fsp3) is 0.462. The van der Waals surface area contributed by atoms with Gasteiger partial charge in [-0.1, -0.05) is 24.3 Å². The van der Waals surface area contributed by atoms with E-state index in [4.69, 9.17) is 5.73 Å². The van der Waals surface area contributed by atoms with E-state index in [1.807, 2.05) is 12.1 Å². The van der Waals surface area contributed by atoms with Gasteiger partial charge in [-0.15, -0.1) is 0 Å². The van der Waals surface area contributed by atoms with Gasteiger partial charge >= 0.3 is 5.97 Å². The highest BCUT2D eigenvalue weighted by Gasteiger charge is 2.23. The lowest BCUT2D eigenvalue weighted by Crippen LogP contribution is -2.16. The summed E-state index contributed by atoms with van der Waals surface area (Å²) in [5.41, 5.74) is 8.29. The number of ether oxygens (including phenoxy) is 1. The van der Waals surface area contributed by atoms with Gasteiger partial charge in [-0.3, -0.25) is 4.79 Å². The number of rotatable bonds is 4. The van der Waals surface area contributed by atoms with Crippen molar-refractivity contribution >= 4 is 5.97 Å². The zero-order valence-electron chi connectivity index (χ0n) is 9.48. The van der Waals surface area contributed by atoms with E-state index >= 15 is 0 Å². The van der Waals surface area contributed by atoms with E-state index in [2.05, 4.69) is 16.9 Å². The smallest absolute Gasteiger partial charge is 0.307 e. The Balaban J connectivity index is 1.99. The van der Waals surface area contributed by atoms with Crippen LogP contribution >= 0.6 is 0 Å². The number of carbonyl (C=O) groups is 1. The van der Waals surface area contributed by atoms with Crippen LogP contribution in [0.3, 0.4) is 0 Å². The van der Waals surface area contributed by atoms with E-state index in [0.29, 0.717) is 0 Å². The SMILES string of the molecule is COC(=O)C[C@H](N)c1ccc(C2CC2)cc1. The highest BCUT2D eigenvalue weighted by atomic mass is 16.5. The molecule has 0 saturated heterocycles. The molecule has 3 nitrogen and oxygen atoms in total. The molecule has 0 spiro atoms. The first kappa shape index (κ1) is 11.1. The maximum atomic E-state index is 11.1. The number of methoxy groups -OCH3 is 1. The van der Waals surface area contributed by atoms with E-state index < -0.39 is 0 Å². The fourth-order valence-corrected chi connectivity index (χ4v) is 1.81. The summed E-state index contributed by atoms with van der Waals surface area (Å²) in [6.45, 7) is 0. The van der Waals surface area contributed by atoms with Crippen molar-refractivity contribution in [2.45, 2.75) is 31.2 Å². The molecule has 0 amide bonds. The van der Waals surface area contributed by atoms with Crippen molar-refractivity contribution in [1.29, 1.82) is 0 Å². The molecule has 2 rings (SSSR count). The Morgan fingerprint density at radius 3 is 2.56 bits per heavy atom. The Hall–Kier alpha value is -1.35. The summed E-state index contributed by atoms with van der Waals surface area (Å²) >= 11 is 0. The molecular formula is C13H17NO2. The second-order valence-electron chi connectivity index (χ2n) is 4.33. The number of esters is 1. The molecule has 3 heteroatoms. The normalized spacial score (nSPS) is 16.9. The first-order chi connectivity index (χ1) is 7.70. The van der Waals surface area contributed by atoms with Crippen LogP contribution in [0.5, 0.6) is 0 Å². The van der Waals surface area contributed by atoms with Crippen molar-refractivity contribution in [2.75, 3.05) is 7.11 Å². The van der Waals surface area contributed by atoms with Crippen molar-refractivity contribution in [1.82, 2.24) is 0 Å². The lowest BCUT2D eigenvalue weighted by atomic mass is 10.0. The van der Waals surface area contributed by atoms with Gasteiger partial charge in [0.15, 0.2) is 0 Å². The van der Waals surface area contributed by atoms with E-state index in [1.165, 1.54) is 25.5 Å². The number of nitrogens with two attached hydrogens (primary N) is 1. The van der Waals surface area contributed by atoms with Crippen LogP contribution in [0.15, 0.2) is 24.3 Å². The van der Waals surface area contributed by atoms with E-state index in [1.54, 1.807) is 0 Å². The molecule has 0 aliphatic heterocycles. The molecule has 1 aliphatic rings. The van der Waals surface area contributed by atoms with Crippen molar-refractivity contribution < 1.29 is 9.53 Å². The van der Waals surface area contributed by atoms with Gasteiger partial charge in [0.25, 0.3) is 0 Å². The Bertz CT molecular complexity index is 368. The van der Waals surface area contributed by atoms with Crippen LogP contribution in [0.25, 0.3) is 0 Å². The first-order valence-corrected chi connectivity index (χ1v) is 5.63. The molecule has 0 radical (unpaired) electrons. The predicted molar refractivity (Wildman–Crippen MR) is 62.0 cm³/mol. The third-order valence-corrected chi connectivity index (χ3v) is 3.03. The van der Waals surface area contributed by atoms with Crippen molar-refractivity contribution in [3.63, 3.8) is 0 Å². The van der Waals surface area contributed by atoms with Gasteiger partial charge in [-0.05, 0) is 29.9 Å². The highest BCUT2D eigenvalue weighted by Crippen LogP contribution is 2.40. The minimum atomic E-state index is -0.265. The molecule has 1 fully saturated rings. The van der Waals surface area contributed by atoms with Crippen molar-refractivity contribution in [2.24, 2.45) is 5.73 Å². The molecule has 0 unspecified atom stereocenters. The third-order valence-electron chi connectivity index (χ3n) is 3.03. The summed E-state index contributed by atoms with van der Waals surface area (Å²) in [5, 5.41) is 0. The monoisotopic (exact) mass is 219 g/mol. The van der Waals surface area contributed by atoms with E-state index in [0.717, 1.165) is 11.5 Å². The first-order valence-electron chi connectivity index (χ1n) is 5.63. The maximum Gasteiger partial charge on any atom is 0.307 e. The molecule has 1 atom stereocenters. The van der Waals surface area contributed by atoms with Crippen LogP contribution in [-0.2, 0) is 9.53 Å². The van der Waals surface area contributed by atoms with Crippen LogP contribution in [0.2, 0.25) is 0 Å². The van der Waals surface area contributed by atoms with Gasteiger partial charge < -0.3 is 10.5 Å². The van der Waals surface area contributed by atoms with Gasteiger partial charge in [0.1, 0.15) is 0 Å². The Morgan fingerprint density at radius 1 is 1.44 bits per heavy atom. The average Bonchev–Trinajstić information content (AvgIpc) is 3.13. The minimum absolute atomic E-state index is 0.235. The standard InChI is InChI=1S/C13H17NO2/c1-16-13(15)8-12(14)11-6-4-10(5-7-11)9-2-3-9/h4-7,9,12H,2-3,8,14H2,1H3/t12-/m0/s1. The average molecular weight is 219 g/mol. The zero-order chi connectivity index (χ0) is 11.5. The molecule has 0 heterocycles. The highest BCUT2D eigenvalue weighted by molar-refractivity contribution is 5.70. The van der Waals surface area contributed by atoms with Gasteiger partial charge in [0.2, 0.25) is 0 Å². The predicted octanol–water partition coefficient (Wildman–Crippen LogP) is 2.13. The van der Waals surface area contributed by atoms with Gasteiger partial charge in [0, 0.05) is 6.04 Å². The largest absolute Gasteiger partial charge is 0.469 e. The van der Waals surface area contributed by atoms with Crippen LogP contribution < -0.4 is 5.73 Å². The second-order valence-corrected chi connectivity index (χ2v) is 4.33. The molecule has 86 valence electrons. The van der Waals surface area contributed by atoms with Crippen molar-refractivity contribution in [3.8, 4) is 0 Å². The molecule has 0 bridgehead atoms. The number of hydrogen-bond acceptors (Lipinski definition) is 3. The number of hydrogen-bond donors (Lipinski definition) is 1. The summed E-state index contributed by atoms with van der Waals surface area (Å²) in [4.78, 5) is 11.1.